The van der Waals surface area contributed by atoms with Gasteiger partial charge in [-0.25, -0.2) is 4.79 Å². The third-order valence-corrected chi connectivity index (χ3v) is 6.25. The summed E-state index contributed by atoms with van der Waals surface area (Å²) in [7, 11) is 0. The van der Waals surface area contributed by atoms with E-state index in [1.165, 1.54) is 36.2 Å². The zero-order valence-electron chi connectivity index (χ0n) is 17.2. The molecule has 10 heteroatoms. The molecule has 2 amide bonds. The summed E-state index contributed by atoms with van der Waals surface area (Å²) < 4.78 is 15.4. The number of aromatic nitrogens is 1. The molecule has 0 fully saturated rings. The van der Waals surface area contributed by atoms with Crippen molar-refractivity contribution in [3.63, 3.8) is 0 Å². The van der Waals surface area contributed by atoms with Gasteiger partial charge in [0.15, 0.2) is 0 Å². The lowest BCUT2D eigenvalue weighted by Gasteiger charge is -2.22. The Balaban J connectivity index is 1.36. The molecule has 0 aliphatic heterocycles. The lowest BCUT2D eigenvalue weighted by molar-refractivity contribution is -0.111. The molecule has 1 aliphatic rings. The van der Waals surface area contributed by atoms with E-state index in [2.05, 4.69) is 21.9 Å². The molecule has 164 valence electrons. The molecule has 2 N–H and O–H groups in total. The molecule has 0 saturated heterocycles. The summed E-state index contributed by atoms with van der Waals surface area (Å²) in [4.78, 5) is 25.4. The molecule has 0 spiro atoms. The Hall–Kier alpha value is -3.84. The average Bonchev–Trinajstić information content (AvgIpc) is 3.50. The van der Waals surface area contributed by atoms with Gasteiger partial charge in [-0.15, -0.1) is 11.3 Å². The third-order valence-electron chi connectivity index (χ3n) is 5.09. The van der Waals surface area contributed by atoms with E-state index in [9.17, 15) is 14.9 Å². The van der Waals surface area contributed by atoms with Gasteiger partial charge in [0.05, 0.1) is 30.3 Å². The number of hydrogen-bond donors (Lipinski definition) is 2. The van der Waals surface area contributed by atoms with Crippen LogP contribution in [0.4, 0.5) is 9.80 Å². The molecular formula is C22H20N4O5S. The van der Waals surface area contributed by atoms with Crippen molar-refractivity contribution in [3.8, 4) is 6.07 Å². The molecule has 4 rings (SSSR count). The number of nitrogens with zero attached hydrogens (tertiary/aromatic N) is 2. The van der Waals surface area contributed by atoms with Crippen molar-refractivity contribution in [2.75, 3.05) is 5.32 Å². The molecule has 1 atom stereocenters. The minimum Gasteiger partial charge on any atom is -0.472 e. The summed E-state index contributed by atoms with van der Waals surface area (Å²) in [6.07, 6.45) is 8.41. The molecule has 1 unspecified atom stereocenters. The number of carbonyl (C=O) groups excluding carboxylic acids is 2. The fourth-order valence-corrected chi connectivity index (χ4v) is 4.67. The number of nitrogens with one attached hydrogen (secondary N) is 2. The zero-order chi connectivity index (χ0) is 22.5. The van der Waals surface area contributed by atoms with Gasteiger partial charge in [-0.3, -0.25) is 4.79 Å². The highest BCUT2D eigenvalue weighted by atomic mass is 32.1. The first kappa shape index (κ1) is 21.4. The first-order chi connectivity index (χ1) is 15.5. The van der Waals surface area contributed by atoms with Crippen molar-refractivity contribution in [1.29, 1.82) is 5.26 Å². The van der Waals surface area contributed by atoms with Crippen molar-refractivity contribution < 1.29 is 23.3 Å². The number of rotatable bonds is 6. The van der Waals surface area contributed by atoms with Gasteiger partial charge in [0.2, 0.25) is 5.91 Å². The molecule has 0 radical (unpaired) electrons. The molecule has 9 nitrogen and oxygen atoms in total. The van der Waals surface area contributed by atoms with Crippen molar-refractivity contribution in [2.45, 2.75) is 38.8 Å². The van der Waals surface area contributed by atoms with Crippen LogP contribution in [0.5, 0.6) is 0 Å². The van der Waals surface area contributed by atoms with Crippen molar-refractivity contribution >= 4 is 34.4 Å². The number of amides is 2. The summed E-state index contributed by atoms with van der Waals surface area (Å²) in [5, 5.41) is 19.4. The van der Waals surface area contributed by atoms with Crippen LogP contribution >= 0.6 is 11.3 Å². The van der Waals surface area contributed by atoms with Crippen LogP contribution in [0.2, 0.25) is 0 Å². The minimum absolute atomic E-state index is 0.270. The smallest absolute Gasteiger partial charge is 0.407 e. The monoisotopic (exact) mass is 452 g/mol. The van der Waals surface area contributed by atoms with E-state index in [-0.39, 0.29) is 18.6 Å². The predicted molar refractivity (Wildman–Crippen MR) is 116 cm³/mol. The number of fused-ring (bicyclic) bond motifs is 1. The van der Waals surface area contributed by atoms with Crippen LogP contribution in [0.15, 0.2) is 39.9 Å². The SMILES string of the molecule is Cc1nocc1CNC(=O)OC1CCc2c(sc(NC(=O)/C=C/c3ccoc3)c2C#N)C1. The van der Waals surface area contributed by atoms with Crippen LogP contribution in [0.3, 0.4) is 0 Å². The Labute approximate surface area is 187 Å². The second-order valence-corrected chi connectivity index (χ2v) is 8.35. The standard InChI is InChI=1S/C22H20N4O5S/c1-13-15(12-30-26-13)10-24-22(28)31-16-3-4-17-18(9-23)21(32-19(17)8-16)25-20(27)5-2-14-6-7-29-11-14/h2,5-7,11-12,16H,3-4,8,10H2,1H3,(H,24,28)(H,25,27)/b5-2+. The second-order valence-electron chi connectivity index (χ2n) is 7.25. The highest BCUT2D eigenvalue weighted by Crippen LogP contribution is 2.38. The van der Waals surface area contributed by atoms with E-state index >= 15 is 0 Å². The van der Waals surface area contributed by atoms with Gasteiger partial charge >= 0.3 is 6.09 Å². The molecule has 0 bridgehead atoms. The van der Waals surface area contributed by atoms with Gasteiger partial charge in [0, 0.05) is 28.5 Å². The number of alkyl carbamates (subject to hydrolysis) is 1. The lowest BCUT2D eigenvalue weighted by Crippen LogP contribution is -2.31. The van der Waals surface area contributed by atoms with Gasteiger partial charge in [-0.05, 0) is 37.5 Å². The molecule has 3 heterocycles. The molecule has 32 heavy (non-hydrogen) atoms. The van der Waals surface area contributed by atoms with Crippen LogP contribution < -0.4 is 10.6 Å². The lowest BCUT2D eigenvalue weighted by atomic mass is 9.94. The van der Waals surface area contributed by atoms with Crippen molar-refractivity contribution in [2.24, 2.45) is 0 Å². The van der Waals surface area contributed by atoms with Gasteiger partial charge in [0.25, 0.3) is 0 Å². The summed E-state index contributed by atoms with van der Waals surface area (Å²) in [6.45, 7) is 2.06. The van der Waals surface area contributed by atoms with Crippen LogP contribution in [0.1, 0.15) is 39.2 Å². The maximum absolute atomic E-state index is 12.3. The van der Waals surface area contributed by atoms with E-state index in [0.717, 1.165) is 21.6 Å². The summed E-state index contributed by atoms with van der Waals surface area (Å²) in [5.41, 5.74) is 3.65. The molecule has 0 aromatic carbocycles. The van der Waals surface area contributed by atoms with Gasteiger partial charge in [0.1, 0.15) is 23.4 Å². The van der Waals surface area contributed by atoms with Gasteiger partial charge < -0.3 is 24.3 Å². The minimum atomic E-state index is -0.519. The summed E-state index contributed by atoms with van der Waals surface area (Å²) in [5.74, 6) is -0.336. The molecular weight excluding hydrogens is 432 g/mol. The maximum atomic E-state index is 12.3. The Bertz CT molecular complexity index is 1190. The number of ether oxygens (including phenoxy) is 1. The Morgan fingerprint density at radius 1 is 1.44 bits per heavy atom. The van der Waals surface area contributed by atoms with Crippen LogP contribution in [0.25, 0.3) is 6.08 Å². The first-order valence-electron chi connectivity index (χ1n) is 9.93. The number of hydrogen-bond acceptors (Lipinski definition) is 8. The van der Waals surface area contributed by atoms with E-state index in [4.69, 9.17) is 13.7 Å². The van der Waals surface area contributed by atoms with Crippen LogP contribution in [-0.2, 0) is 28.9 Å². The van der Waals surface area contributed by atoms with Crippen LogP contribution in [0, 0.1) is 18.3 Å². The molecule has 1 aliphatic carbocycles. The zero-order valence-corrected chi connectivity index (χ0v) is 18.0. The largest absolute Gasteiger partial charge is 0.472 e. The Kier molecular flexibility index (Phi) is 6.37. The highest BCUT2D eigenvalue weighted by molar-refractivity contribution is 7.16. The first-order valence-corrected chi connectivity index (χ1v) is 10.8. The van der Waals surface area contributed by atoms with Gasteiger partial charge in [-0.2, -0.15) is 5.26 Å². The number of anilines is 1. The normalized spacial score (nSPS) is 15.2. The van der Waals surface area contributed by atoms with E-state index in [1.54, 1.807) is 19.1 Å². The van der Waals surface area contributed by atoms with Crippen molar-refractivity contribution in [3.05, 3.63) is 63.8 Å². The Morgan fingerprint density at radius 3 is 3.03 bits per heavy atom. The fraction of sp³-hybridized carbons (Fsp3) is 0.273. The fourth-order valence-electron chi connectivity index (χ4n) is 3.40. The number of aryl methyl sites for hydroxylation is 1. The Morgan fingerprint density at radius 2 is 2.31 bits per heavy atom. The molecule has 3 aromatic rings. The second kappa shape index (κ2) is 9.53. The summed E-state index contributed by atoms with van der Waals surface area (Å²) in [6, 6.07) is 3.93. The molecule has 3 aromatic heterocycles. The number of thiophene rings is 1. The molecule has 0 saturated carbocycles. The third kappa shape index (κ3) is 4.90. The maximum Gasteiger partial charge on any atom is 0.407 e. The van der Waals surface area contributed by atoms with Crippen molar-refractivity contribution in [1.82, 2.24) is 10.5 Å². The average molecular weight is 452 g/mol. The predicted octanol–water partition coefficient (Wildman–Crippen LogP) is 3.94. The van der Waals surface area contributed by atoms with Gasteiger partial charge in [-0.1, -0.05) is 5.16 Å². The topological polar surface area (TPSA) is 130 Å². The number of carbonyl (C=O) groups is 2. The summed E-state index contributed by atoms with van der Waals surface area (Å²) >= 11 is 1.34. The number of nitriles is 1. The highest BCUT2D eigenvalue weighted by Gasteiger charge is 2.28. The van der Waals surface area contributed by atoms with Crippen LogP contribution in [-0.4, -0.2) is 23.3 Å². The number of furan rings is 1. The van der Waals surface area contributed by atoms with E-state index < -0.39 is 6.09 Å². The van der Waals surface area contributed by atoms with E-state index in [0.29, 0.717) is 35.5 Å². The quantitative estimate of drug-likeness (QED) is 0.542. The van der Waals surface area contributed by atoms with E-state index in [1.807, 2.05) is 0 Å².